The first kappa shape index (κ1) is 17.0. The maximum Gasteiger partial charge on any atom is 0.317 e. The summed E-state index contributed by atoms with van der Waals surface area (Å²) in [6.45, 7) is 11.0. The van der Waals surface area contributed by atoms with Crippen LogP contribution in [0, 0.1) is 17.8 Å². The van der Waals surface area contributed by atoms with Crippen LogP contribution in [-0.4, -0.2) is 67.8 Å². The van der Waals surface area contributed by atoms with E-state index >= 15 is 0 Å². The first-order valence-corrected chi connectivity index (χ1v) is 9.49. The third kappa shape index (κ3) is 4.18. The van der Waals surface area contributed by atoms with Crippen molar-refractivity contribution in [2.45, 2.75) is 45.6 Å². The summed E-state index contributed by atoms with van der Waals surface area (Å²) in [6.07, 6.45) is 4.96. The molecule has 0 unspecified atom stereocenters. The molecule has 132 valence electrons. The number of fused-ring (bicyclic) bond motifs is 3. The zero-order valence-electron chi connectivity index (χ0n) is 14.8. The number of rotatable bonds is 6. The lowest BCUT2D eigenvalue weighted by atomic mass is 9.90. The third-order valence-corrected chi connectivity index (χ3v) is 5.60. The molecule has 1 N–H and O–H groups in total. The molecule has 3 saturated heterocycles. The quantitative estimate of drug-likeness (QED) is 0.762. The number of amides is 2. The van der Waals surface area contributed by atoms with Crippen molar-refractivity contribution in [3.8, 4) is 0 Å². The normalized spacial score (nSPS) is 30.6. The standard InChI is InChI=1S/C18H33N3O2/c1-14(2)13-23-9-5-7-19-18(22)21-11-15-10-20-8-4-3-6-17(20)16(15)12-21/h14-17H,3-13H2,1-2H3,(H,19,22)/t15-,16-,17+/m0/s1. The summed E-state index contributed by atoms with van der Waals surface area (Å²) < 4.78 is 5.55. The summed E-state index contributed by atoms with van der Waals surface area (Å²) in [5.74, 6) is 2.00. The molecule has 5 heteroatoms. The number of hydrogen-bond acceptors (Lipinski definition) is 3. The number of piperidine rings is 1. The van der Waals surface area contributed by atoms with Gasteiger partial charge in [0, 0.05) is 45.4 Å². The van der Waals surface area contributed by atoms with Crippen LogP contribution in [0.1, 0.15) is 39.5 Å². The maximum atomic E-state index is 12.3. The molecular weight excluding hydrogens is 290 g/mol. The zero-order chi connectivity index (χ0) is 16.2. The van der Waals surface area contributed by atoms with Gasteiger partial charge in [-0.05, 0) is 43.6 Å². The van der Waals surface area contributed by atoms with Crippen LogP contribution >= 0.6 is 0 Å². The minimum atomic E-state index is 0.130. The van der Waals surface area contributed by atoms with Crippen molar-refractivity contribution >= 4 is 6.03 Å². The fourth-order valence-electron chi connectivity index (χ4n) is 4.52. The molecule has 0 aliphatic carbocycles. The molecule has 3 aliphatic rings. The lowest BCUT2D eigenvalue weighted by Gasteiger charge is -2.33. The van der Waals surface area contributed by atoms with Gasteiger partial charge in [-0.15, -0.1) is 0 Å². The average Bonchev–Trinajstić information content (AvgIpc) is 3.08. The Balaban J connectivity index is 1.34. The molecule has 3 aliphatic heterocycles. The average molecular weight is 323 g/mol. The number of urea groups is 1. The largest absolute Gasteiger partial charge is 0.381 e. The highest BCUT2D eigenvalue weighted by molar-refractivity contribution is 5.74. The Morgan fingerprint density at radius 3 is 2.96 bits per heavy atom. The van der Waals surface area contributed by atoms with E-state index in [4.69, 9.17) is 4.74 Å². The fraction of sp³-hybridized carbons (Fsp3) is 0.944. The molecule has 0 radical (unpaired) electrons. The van der Waals surface area contributed by atoms with Gasteiger partial charge in [0.2, 0.25) is 0 Å². The maximum absolute atomic E-state index is 12.3. The summed E-state index contributed by atoms with van der Waals surface area (Å²) >= 11 is 0. The molecular formula is C18H33N3O2. The minimum absolute atomic E-state index is 0.130. The lowest BCUT2D eigenvalue weighted by Crippen LogP contribution is -2.44. The smallest absolute Gasteiger partial charge is 0.317 e. The zero-order valence-corrected chi connectivity index (χ0v) is 14.8. The molecule has 0 spiro atoms. The Kier molecular flexibility index (Phi) is 5.81. The molecule has 0 aromatic rings. The third-order valence-electron chi connectivity index (χ3n) is 5.60. The van der Waals surface area contributed by atoms with E-state index < -0.39 is 0 Å². The summed E-state index contributed by atoms with van der Waals surface area (Å²) in [6, 6.07) is 0.876. The minimum Gasteiger partial charge on any atom is -0.381 e. The van der Waals surface area contributed by atoms with Crippen LogP contribution in [0.3, 0.4) is 0 Å². The van der Waals surface area contributed by atoms with Crippen molar-refractivity contribution < 1.29 is 9.53 Å². The van der Waals surface area contributed by atoms with E-state index in [1.807, 2.05) is 0 Å². The Labute approximate surface area is 140 Å². The molecule has 0 aromatic carbocycles. The Morgan fingerprint density at radius 2 is 2.13 bits per heavy atom. The number of nitrogens with zero attached hydrogens (tertiary/aromatic N) is 2. The van der Waals surface area contributed by atoms with Crippen molar-refractivity contribution in [2.24, 2.45) is 17.8 Å². The second kappa shape index (κ2) is 7.84. The monoisotopic (exact) mass is 323 g/mol. The first-order chi connectivity index (χ1) is 11.1. The summed E-state index contributed by atoms with van der Waals surface area (Å²) in [4.78, 5) is 17.1. The van der Waals surface area contributed by atoms with Crippen LogP contribution in [-0.2, 0) is 4.74 Å². The number of hydrogen-bond donors (Lipinski definition) is 1. The number of ether oxygens (including phenoxy) is 1. The van der Waals surface area contributed by atoms with E-state index in [0.717, 1.165) is 51.2 Å². The lowest BCUT2D eigenvalue weighted by molar-refractivity contribution is 0.107. The predicted molar refractivity (Wildman–Crippen MR) is 91.4 cm³/mol. The van der Waals surface area contributed by atoms with E-state index in [0.29, 0.717) is 11.8 Å². The highest BCUT2D eigenvalue weighted by atomic mass is 16.5. The van der Waals surface area contributed by atoms with Crippen LogP contribution in [0.25, 0.3) is 0 Å². The molecule has 3 rings (SSSR count). The van der Waals surface area contributed by atoms with Gasteiger partial charge in [0.25, 0.3) is 0 Å². The first-order valence-electron chi connectivity index (χ1n) is 9.49. The van der Waals surface area contributed by atoms with Gasteiger partial charge in [-0.3, -0.25) is 4.90 Å². The molecule has 0 aromatic heterocycles. The van der Waals surface area contributed by atoms with Crippen molar-refractivity contribution in [2.75, 3.05) is 45.9 Å². The molecule has 3 atom stereocenters. The van der Waals surface area contributed by atoms with Crippen molar-refractivity contribution in [3.05, 3.63) is 0 Å². The van der Waals surface area contributed by atoms with Gasteiger partial charge >= 0.3 is 6.03 Å². The second-order valence-corrected chi connectivity index (χ2v) is 7.94. The molecule has 0 saturated carbocycles. The van der Waals surface area contributed by atoms with Crippen molar-refractivity contribution in [1.29, 1.82) is 0 Å². The van der Waals surface area contributed by atoms with Crippen LogP contribution < -0.4 is 5.32 Å². The van der Waals surface area contributed by atoms with Crippen LogP contribution in [0.2, 0.25) is 0 Å². The second-order valence-electron chi connectivity index (χ2n) is 7.94. The van der Waals surface area contributed by atoms with E-state index in [2.05, 4.69) is 29.0 Å². The van der Waals surface area contributed by atoms with Crippen LogP contribution in [0.15, 0.2) is 0 Å². The molecule has 3 heterocycles. The number of nitrogens with one attached hydrogen (secondary N) is 1. The van der Waals surface area contributed by atoms with Gasteiger partial charge < -0.3 is 15.0 Å². The Morgan fingerprint density at radius 1 is 1.26 bits per heavy atom. The highest BCUT2D eigenvalue weighted by Crippen LogP contribution is 2.40. The Hall–Kier alpha value is -0.810. The van der Waals surface area contributed by atoms with Gasteiger partial charge in [0.1, 0.15) is 0 Å². The van der Waals surface area contributed by atoms with E-state index in [-0.39, 0.29) is 6.03 Å². The topological polar surface area (TPSA) is 44.8 Å². The SMILES string of the molecule is CC(C)COCCCNC(=O)N1C[C@@H]2CN3CCCC[C@@H]3[C@H]2C1. The summed E-state index contributed by atoms with van der Waals surface area (Å²) in [5, 5.41) is 3.07. The molecule has 5 nitrogen and oxygen atoms in total. The van der Waals surface area contributed by atoms with Gasteiger partial charge in [0.05, 0.1) is 0 Å². The van der Waals surface area contributed by atoms with Gasteiger partial charge in [-0.2, -0.15) is 0 Å². The van der Waals surface area contributed by atoms with Crippen molar-refractivity contribution in [1.82, 2.24) is 15.1 Å². The van der Waals surface area contributed by atoms with E-state index in [1.54, 1.807) is 0 Å². The van der Waals surface area contributed by atoms with Crippen LogP contribution in [0.4, 0.5) is 4.79 Å². The highest BCUT2D eigenvalue weighted by Gasteiger charge is 2.48. The summed E-state index contributed by atoms with van der Waals surface area (Å²) in [5.41, 5.74) is 0. The Bertz CT molecular complexity index is 402. The molecule has 23 heavy (non-hydrogen) atoms. The number of carbonyl (C=O) groups excluding carboxylic acids is 1. The van der Waals surface area contributed by atoms with Gasteiger partial charge in [0.15, 0.2) is 0 Å². The predicted octanol–water partition coefficient (Wildman–Crippen LogP) is 2.17. The number of carbonyl (C=O) groups is 1. The molecule has 0 bridgehead atoms. The number of likely N-dealkylation sites (tertiary alicyclic amines) is 1. The van der Waals surface area contributed by atoms with Crippen molar-refractivity contribution in [3.63, 3.8) is 0 Å². The molecule has 2 amide bonds. The van der Waals surface area contributed by atoms with E-state index in [1.165, 1.54) is 32.4 Å². The van der Waals surface area contributed by atoms with Crippen LogP contribution in [0.5, 0.6) is 0 Å². The molecule has 3 fully saturated rings. The van der Waals surface area contributed by atoms with Gasteiger partial charge in [-0.25, -0.2) is 4.79 Å². The van der Waals surface area contributed by atoms with E-state index in [9.17, 15) is 4.79 Å². The van der Waals surface area contributed by atoms with Gasteiger partial charge in [-0.1, -0.05) is 20.3 Å². The summed E-state index contributed by atoms with van der Waals surface area (Å²) in [7, 11) is 0. The fourth-order valence-corrected chi connectivity index (χ4v) is 4.52.